The van der Waals surface area contributed by atoms with Gasteiger partial charge in [-0.2, -0.15) is 0 Å². The maximum absolute atomic E-state index is 12.8. The zero-order chi connectivity index (χ0) is 27.4. The lowest BCUT2D eigenvalue weighted by molar-refractivity contribution is 0.102. The van der Waals surface area contributed by atoms with Gasteiger partial charge in [-0.05, 0) is 79.8 Å². The average molecular weight is 551 g/mol. The number of aromatic nitrogens is 2. The van der Waals surface area contributed by atoms with Crippen LogP contribution in [0.3, 0.4) is 0 Å². The molecule has 1 aromatic heterocycles. The van der Waals surface area contributed by atoms with Crippen molar-refractivity contribution in [1.29, 1.82) is 0 Å². The number of nitrogens with two attached hydrogens (primary N) is 1. The van der Waals surface area contributed by atoms with Gasteiger partial charge in [-0.3, -0.25) is 4.79 Å². The molecule has 0 bridgehead atoms. The van der Waals surface area contributed by atoms with Crippen molar-refractivity contribution in [2.24, 2.45) is 0 Å². The lowest BCUT2D eigenvalue weighted by atomic mass is 10.0. The van der Waals surface area contributed by atoms with Crippen LogP contribution in [0.25, 0.3) is 11.3 Å². The van der Waals surface area contributed by atoms with E-state index in [0.29, 0.717) is 27.7 Å². The van der Waals surface area contributed by atoms with Gasteiger partial charge in [-0.25, -0.2) is 18.4 Å². The Morgan fingerprint density at radius 2 is 1.76 bits per heavy atom. The van der Waals surface area contributed by atoms with Crippen molar-refractivity contribution in [3.05, 3.63) is 94.1 Å². The van der Waals surface area contributed by atoms with E-state index >= 15 is 0 Å². The van der Waals surface area contributed by atoms with Gasteiger partial charge in [0.05, 0.1) is 16.2 Å². The monoisotopic (exact) mass is 550 g/mol. The van der Waals surface area contributed by atoms with Gasteiger partial charge in [0.25, 0.3) is 5.91 Å². The number of phenolic OH excluding ortho intramolecular Hbond substituents is 1. The van der Waals surface area contributed by atoms with Crippen LogP contribution in [0, 0.1) is 6.92 Å². The van der Waals surface area contributed by atoms with Gasteiger partial charge in [0.15, 0.2) is 9.84 Å². The predicted octanol–water partition coefficient (Wildman–Crippen LogP) is 5.22. The first-order valence-corrected chi connectivity index (χ1v) is 14.1. The Hall–Kier alpha value is -3.95. The number of amides is 1. The molecule has 10 heteroatoms. The van der Waals surface area contributed by atoms with E-state index in [9.17, 15) is 18.3 Å². The number of phenols is 1. The minimum Gasteiger partial charge on any atom is -0.507 e. The second-order valence-corrected chi connectivity index (χ2v) is 11.4. The topological polar surface area (TPSA) is 135 Å². The number of sulfone groups is 1. The highest BCUT2D eigenvalue weighted by molar-refractivity contribution is 7.90. The van der Waals surface area contributed by atoms with Crippen LogP contribution < -0.4 is 11.1 Å². The van der Waals surface area contributed by atoms with E-state index in [1.165, 1.54) is 24.5 Å². The summed E-state index contributed by atoms with van der Waals surface area (Å²) in [5, 5.41) is 13.3. The second kappa shape index (κ2) is 11.2. The SMILES string of the molecule is Cc1c(NC(=O)c2ccc(Cl)cc2O)cccc1-c1cc(CCCc2ccc(S(C)(=O)=O)cc2)nc(N)n1. The van der Waals surface area contributed by atoms with Crippen LogP contribution in [0.15, 0.2) is 71.6 Å². The first kappa shape index (κ1) is 27.1. The Morgan fingerprint density at radius 1 is 1.03 bits per heavy atom. The molecule has 0 aliphatic rings. The maximum atomic E-state index is 12.8. The highest BCUT2D eigenvalue weighted by Crippen LogP contribution is 2.30. The van der Waals surface area contributed by atoms with E-state index in [1.54, 1.807) is 24.3 Å². The number of anilines is 2. The van der Waals surface area contributed by atoms with Crippen molar-refractivity contribution < 1.29 is 18.3 Å². The van der Waals surface area contributed by atoms with Crippen LogP contribution in [-0.4, -0.2) is 35.7 Å². The minimum atomic E-state index is -3.22. The summed E-state index contributed by atoms with van der Waals surface area (Å²) in [7, 11) is -3.22. The highest BCUT2D eigenvalue weighted by atomic mass is 35.5. The summed E-state index contributed by atoms with van der Waals surface area (Å²) in [6.45, 7) is 1.87. The minimum absolute atomic E-state index is 0.110. The molecule has 0 saturated carbocycles. The van der Waals surface area contributed by atoms with E-state index in [-0.39, 0.29) is 17.3 Å². The normalized spacial score (nSPS) is 11.3. The summed E-state index contributed by atoms with van der Waals surface area (Å²) in [5.41, 5.74) is 10.7. The lowest BCUT2D eigenvalue weighted by Crippen LogP contribution is -2.13. The fourth-order valence-corrected chi connectivity index (χ4v) is 4.89. The number of nitrogens with zero attached hydrogens (tertiary/aromatic N) is 2. The van der Waals surface area contributed by atoms with Crippen LogP contribution in [0.5, 0.6) is 5.75 Å². The van der Waals surface area contributed by atoms with Crippen molar-refractivity contribution >= 4 is 39.0 Å². The molecule has 196 valence electrons. The molecule has 0 aliphatic heterocycles. The predicted molar refractivity (Wildman–Crippen MR) is 149 cm³/mol. The van der Waals surface area contributed by atoms with Gasteiger partial charge in [0.2, 0.25) is 5.95 Å². The molecule has 0 spiro atoms. The van der Waals surface area contributed by atoms with Crippen LogP contribution in [0.4, 0.5) is 11.6 Å². The fraction of sp³-hybridized carbons (Fsp3) is 0.179. The van der Waals surface area contributed by atoms with E-state index in [0.717, 1.165) is 35.2 Å². The number of rotatable bonds is 8. The maximum Gasteiger partial charge on any atom is 0.259 e. The number of aryl methyl sites for hydroxylation is 2. The third-order valence-electron chi connectivity index (χ3n) is 6.11. The van der Waals surface area contributed by atoms with Crippen molar-refractivity contribution in [1.82, 2.24) is 9.97 Å². The summed E-state index contributed by atoms with van der Waals surface area (Å²) in [4.78, 5) is 21.8. The Bertz CT molecular complexity index is 1610. The third kappa shape index (κ3) is 6.48. The van der Waals surface area contributed by atoms with Crippen LogP contribution in [-0.2, 0) is 22.7 Å². The molecule has 0 unspecified atom stereocenters. The Labute approximate surface area is 226 Å². The average Bonchev–Trinajstić information content (AvgIpc) is 2.84. The number of nitrogen functional groups attached to an aromatic ring is 1. The van der Waals surface area contributed by atoms with Crippen molar-refractivity contribution in [3.8, 4) is 17.0 Å². The van der Waals surface area contributed by atoms with Crippen LogP contribution >= 0.6 is 11.6 Å². The van der Waals surface area contributed by atoms with Crippen LogP contribution in [0.1, 0.15) is 33.6 Å². The zero-order valence-corrected chi connectivity index (χ0v) is 22.5. The standard InChI is InChI=1S/C28H27ClN4O4S/c1-17-22(7-4-8-24(17)32-27(35)23-14-11-19(29)15-26(23)34)25-16-20(31-28(30)33-25)6-3-5-18-9-12-21(13-10-18)38(2,36)37/h4,7-16,34H,3,5-6H2,1-2H3,(H,32,35)(H2,30,31,33). The molecule has 0 fully saturated rings. The molecule has 1 amide bonds. The summed E-state index contributed by atoms with van der Waals surface area (Å²) >= 11 is 5.87. The third-order valence-corrected chi connectivity index (χ3v) is 7.47. The van der Waals surface area contributed by atoms with Crippen molar-refractivity contribution in [2.45, 2.75) is 31.1 Å². The van der Waals surface area contributed by atoms with Crippen LogP contribution in [0.2, 0.25) is 5.02 Å². The molecule has 38 heavy (non-hydrogen) atoms. The Morgan fingerprint density at radius 3 is 2.45 bits per heavy atom. The number of benzene rings is 3. The molecule has 3 aromatic carbocycles. The largest absolute Gasteiger partial charge is 0.507 e. The van der Waals surface area contributed by atoms with E-state index < -0.39 is 15.7 Å². The van der Waals surface area contributed by atoms with Gasteiger partial charge in [0.1, 0.15) is 5.75 Å². The second-order valence-electron chi connectivity index (χ2n) is 8.97. The highest BCUT2D eigenvalue weighted by Gasteiger charge is 2.15. The Balaban J connectivity index is 1.49. The molecular weight excluding hydrogens is 524 g/mol. The quantitative estimate of drug-likeness (QED) is 0.273. The summed E-state index contributed by atoms with van der Waals surface area (Å²) < 4.78 is 23.3. The number of halogens is 1. The number of carbonyl (C=O) groups is 1. The molecule has 0 saturated heterocycles. The first-order chi connectivity index (χ1) is 18.0. The number of aromatic hydroxyl groups is 1. The first-order valence-electron chi connectivity index (χ1n) is 11.8. The van der Waals surface area contributed by atoms with Crippen molar-refractivity contribution in [3.63, 3.8) is 0 Å². The molecule has 0 atom stereocenters. The number of hydrogen-bond donors (Lipinski definition) is 3. The fourth-order valence-electron chi connectivity index (χ4n) is 4.10. The molecule has 0 aliphatic carbocycles. The van der Waals surface area contributed by atoms with E-state index in [2.05, 4.69) is 15.3 Å². The smallest absolute Gasteiger partial charge is 0.259 e. The zero-order valence-electron chi connectivity index (χ0n) is 20.9. The van der Waals surface area contributed by atoms with Gasteiger partial charge >= 0.3 is 0 Å². The number of hydrogen-bond acceptors (Lipinski definition) is 7. The van der Waals surface area contributed by atoms with Gasteiger partial charge in [-0.15, -0.1) is 0 Å². The van der Waals surface area contributed by atoms with Crippen molar-refractivity contribution in [2.75, 3.05) is 17.3 Å². The van der Waals surface area contributed by atoms with E-state index in [4.69, 9.17) is 17.3 Å². The molecule has 0 radical (unpaired) electrons. The van der Waals surface area contributed by atoms with Gasteiger partial charge in [0, 0.05) is 28.2 Å². The molecule has 4 rings (SSSR count). The van der Waals surface area contributed by atoms with E-state index in [1.807, 2.05) is 31.2 Å². The summed E-state index contributed by atoms with van der Waals surface area (Å²) in [6.07, 6.45) is 3.38. The molecule has 4 aromatic rings. The molecule has 8 nitrogen and oxygen atoms in total. The summed E-state index contributed by atoms with van der Waals surface area (Å²) in [5.74, 6) is -0.523. The lowest BCUT2D eigenvalue weighted by Gasteiger charge is -2.14. The summed E-state index contributed by atoms with van der Waals surface area (Å²) in [6, 6.07) is 18.5. The molecule has 1 heterocycles. The van der Waals surface area contributed by atoms with Gasteiger partial charge in [-0.1, -0.05) is 35.9 Å². The molecule has 4 N–H and O–H groups in total. The number of nitrogens with one attached hydrogen (secondary N) is 1. The van der Waals surface area contributed by atoms with Gasteiger partial charge < -0.3 is 16.2 Å². The Kier molecular flexibility index (Phi) is 7.99. The number of carbonyl (C=O) groups excluding carboxylic acids is 1. The molecular formula is C28H27ClN4O4S.